The summed E-state index contributed by atoms with van der Waals surface area (Å²) in [5.74, 6) is -2.30. The summed E-state index contributed by atoms with van der Waals surface area (Å²) in [6.07, 6.45) is 0. The highest BCUT2D eigenvalue weighted by molar-refractivity contribution is 6.01. The summed E-state index contributed by atoms with van der Waals surface area (Å²) in [6.45, 7) is 3.13. The van der Waals surface area contributed by atoms with Gasteiger partial charge in [0.25, 0.3) is 0 Å². The Balaban J connectivity index is 2.89. The third kappa shape index (κ3) is 1.85. The number of hydrogen-bond donors (Lipinski definition) is 2. The van der Waals surface area contributed by atoms with Crippen LogP contribution in [0.5, 0.6) is 0 Å². The van der Waals surface area contributed by atoms with E-state index in [-0.39, 0.29) is 22.5 Å². The molecule has 0 aliphatic rings. The van der Waals surface area contributed by atoms with Crippen molar-refractivity contribution in [1.82, 2.24) is 19.6 Å². The van der Waals surface area contributed by atoms with Crippen LogP contribution in [-0.2, 0) is 14.1 Å². The monoisotopic (exact) mass is 278 g/mol. The van der Waals surface area contributed by atoms with Crippen molar-refractivity contribution in [3.63, 3.8) is 0 Å². The highest BCUT2D eigenvalue weighted by Crippen LogP contribution is 2.30. The van der Waals surface area contributed by atoms with Crippen LogP contribution in [0.25, 0.3) is 11.4 Å². The molecule has 0 amide bonds. The van der Waals surface area contributed by atoms with E-state index in [2.05, 4.69) is 10.2 Å². The minimum atomic E-state index is -1.15. The van der Waals surface area contributed by atoms with Gasteiger partial charge in [0.1, 0.15) is 22.5 Å². The number of carbonyl (C=O) groups is 2. The first-order chi connectivity index (χ1) is 9.25. The molecule has 2 rings (SSSR count). The summed E-state index contributed by atoms with van der Waals surface area (Å²) in [6, 6.07) is 0. The number of hydrogen-bond acceptors (Lipinski definition) is 4. The van der Waals surface area contributed by atoms with Crippen molar-refractivity contribution in [2.45, 2.75) is 13.8 Å². The summed E-state index contributed by atoms with van der Waals surface area (Å²) >= 11 is 0. The van der Waals surface area contributed by atoms with Crippen molar-refractivity contribution in [2.24, 2.45) is 14.1 Å². The predicted octanol–water partition coefficient (Wildman–Crippen LogP) is 0.834. The van der Waals surface area contributed by atoms with Gasteiger partial charge in [-0.1, -0.05) is 0 Å². The largest absolute Gasteiger partial charge is 0.478 e. The van der Waals surface area contributed by atoms with Crippen LogP contribution >= 0.6 is 0 Å². The van der Waals surface area contributed by atoms with Gasteiger partial charge in [-0.05, 0) is 13.8 Å². The Labute approximate surface area is 114 Å². The number of carboxylic acid groups (broad SMARTS) is 2. The fraction of sp³-hybridized carbons (Fsp3) is 0.333. The van der Waals surface area contributed by atoms with E-state index in [1.54, 1.807) is 27.9 Å². The van der Waals surface area contributed by atoms with Crippen LogP contribution in [0.15, 0.2) is 0 Å². The first-order valence-electron chi connectivity index (χ1n) is 5.79. The van der Waals surface area contributed by atoms with Gasteiger partial charge < -0.3 is 10.2 Å². The maximum atomic E-state index is 11.4. The van der Waals surface area contributed by atoms with Crippen LogP contribution in [0.4, 0.5) is 0 Å². The van der Waals surface area contributed by atoms with Gasteiger partial charge in [-0.2, -0.15) is 10.2 Å². The van der Waals surface area contributed by atoms with E-state index in [9.17, 15) is 19.8 Å². The molecule has 0 unspecified atom stereocenters. The smallest absolute Gasteiger partial charge is 0.339 e. The molecule has 0 aliphatic carbocycles. The van der Waals surface area contributed by atoms with Gasteiger partial charge in [0.2, 0.25) is 0 Å². The number of aromatic nitrogens is 4. The molecule has 0 aliphatic heterocycles. The fourth-order valence-corrected chi connectivity index (χ4v) is 2.37. The number of aromatic carboxylic acids is 2. The molecule has 0 atom stereocenters. The fourth-order valence-electron chi connectivity index (χ4n) is 2.37. The zero-order valence-corrected chi connectivity index (χ0v) is 11.5. The van der Waals surface area contributed by atoms with E-state index >= 15 is 0 Å². The molecule has 106 valence electrons. The minimum absolute atomic E-state index is 0.0157. The number of nitrogens with zero attached hydrogens (tertiary/aromatic N) is 4. The molecular formula is C12H14N4O4. The zero-order chi connectivity index (χ0) is 15.2. The minimum Gasteiger partial charge on any atom is -0.478 e. The van der Waals surface area contributed by atoms with Crippen molar-refractivity contribution in [3.05, 3.63) is 22.5 Å². The molecule has 0 aromatic carbocycles. The Kier molecular flexibility index (Phi) is 3.09. The molecule has 2 N–H and O–H groups in total. The standard InChI is InChI=1S/C12H14N4O4/c1-5-7(11(17)18)9(15(3)13-5)10-8(12(19)20)6(2)14-16(10)4/h1-4H3,(H,17,18)(H,19,20). The highest BCUT2D eigenvalue weighted by Gasteiger charge is 2.29. The van der Waals surface area contributed by atoms with Crippen molar-refractivity contribution < 1.29 is 19.8 Å². The van der Waals surface area contributed by atoms with E-state index in [4.69, 9.17) is 0 Å². The van der Waals surface area contributed by atoms with Gasteiger partial charge in [0, 0.05) is 14.1 Å². The summed E-state index contributed by atoms with van der Waals surface area (Å²) in [4.78, 5) is 22.8. The van der Waals surface area contributed by atoms with Crippen LogP contribution in [-0.4, -0.2) is 41.7 Å². The maximum Gasteiger partial charge on any atom is 0.339 e. The van der Waals surface area contributed by atoms with Crippen molar-refractivity contribution >= 4 is 11.9 Å². The molecule has 0 fully saturated rings. The lowest BCUT2D eigenvalue weighted by Gasteiger charge is -2.06. The zero-order valence-electron chi connectivity index (χ0n) is 11.5. The Morgan fingerprint density at radius 3 is 1.40 bits per heavy atom. The lowest BCUT2D eigenvalue weighted by atomic mass is 10.1. The van der Waals surface area contributed by atoms with E-state index < -0.39 is 11.9 Å². The van der Waals surface area contributed by atoms with Gasteiger partial charge in [-0.3, -0.25) is 9.36 Å². The van der Waals surface area contributed by atoms with Crippen molar-refractivity contribution in [3.8, 4) is 11.4 Å². The molecular weight excluding hydrogens is 264 g/mol. The maximum absolute atomic E-state index is 11.4. The Morgan fingerprint density at radius 1 is 0.850 bits per heavy atom. The topological polar surface area (TPSA) is 110 Å². The molecule has 0 saturated heterocycles. The number of rotatable bonds is 3. The average Bonchev–Trinajstić information content (AvgIpc) is 2.74. The molecule has 0 saturated carbocycles. The first kappa shape index (κ1) is 13.8. The van der Waals surface area contributed by atoms with Crippen LogP contribution in [0.2, 0.25) is 0 Å². The van der Waals surface area contributed by atoms with Crippen LogP contribution in [0, 0.1) is 13.8 Å². The summed E-state index contributed by atoms with van der Waals surface area (Å²) < 4.78 is 2.73. The lowest BCUT2D eigenvalue weighted by Crippen LogP contribution is -2.08. The predicted molar refractivity (Wildman–Crippen MR) is 68.8 cm³/mol. The Bertz CT molecular complexity index is 664. The summed E-state index contributed by atoms with van der Waals surface area (Å²) in [5, 5.41) is 26.8. The summed E-state index contributed by atoms with van der Waals surface area (Å²) in [7, 11) is 3.14. The molecule has 20 heavy (non-hydrogen) atoms. The molecule has 2 aromatic heterocycles. The van der Waals surface area contributed by atoms with Crippen LogP contribution in [0.3, 0.4) is 0 Å². The molecule has 2 aromatic rings. The van der Waals surface area contributed by atoms with Crippen LogP contribution < -0.4 is 0 Å². The third-order valence-corrected chi connectivity index (χ3v) is 3.10. The number of aryl methyl sites for hydroxylation is 4. The van der Waals surface area contributed by atoms with E-state index in [1.165, 1.54) is 9.36 Å². The molecule has 2 heterocycles. The average molecular weight is 278 g/mol. The van der Waals surface area contributed by atoms with E-state index in [1.807, 2.05) is 0 Å². The Morgan fingerprint density at radius 2 is 1.15 bits per heavy atom. The highest BCUT2D eigenvalue weighted by atomic mass is 16.4. The molecule has 8 nitrogen and oxygen atoms in total. The van der Waals surface area contributed by atoms with Gasteiger partial charge in [0.05, 0.1) is 11.4 Å². The van der Waals surface area contributed by atoms with Gasteiger partial charge >= 0.3 is 11.9 Å². The van der Waals surface area contributed by atoms with E-state index in [0.717, 1.165) is 0 Å². The molecule has 0 spiro atoms. The normalized spacial score (nSPS) is 10.8. The number of carboxylic acids is 2. The second kappa shape index (κ2) is 4.48. The molecule has 0 bridgehead atoms. The van der Waals surface area contributed by atoms with Crippen LogP contribution in [0.1, 0.15) is 32.1 Å². The van der Waals surface area contributed by atoms with Gasteiger partial charge in [0.15, 0.2) is 0 Å². The van der Waals surface area contributed by atoms with Gasteiger partial charge in [-0.15, -0.1) is 0 Å². The van der Waals surface area contributed by atoms with Crippen molar-refractivity contribution in [2.75, 3.05) is 0 Å². The van der Waals surface area contributed by atoms with Gasteiger partial charge in [-0.25, -0.2) is 9.59 Å². The Hall–Kier alpha value is -2.64. The second-order valence-electron chi connectivity index (χ2n) is 4.48. The lowest BCUT2D eigenvalue weighted by molar-refractivity contribution is 0.0683. The molecule has 0 radical (unpaired) electrons. The van der Waals surface area contributed by atoms with E-state index in [0.29, 0.717) is 11.4 Å². The second-order valence-corrected chi connectivity index (χ2v) is 4.48. The van der Waals surface area contributed by atoms with Crippen molar-refractivity contribution in [1.29, 1.82) is 0 Å². The quantitative estimate of drug-likeness (QED) is 0.860. The first-order valence-corrected chi connectivity index (χ1v) is 5.79. The summed E-state index contributed by atoms with van der Waals surface area (Å²) in [5.41, 5.74) is 1.08. The third-order valence-electron chi connectivity index (χ3n) is 3.10. The SMILES string of the molecule is Cc1nn(C)c(-c2c(C(=O)O)c(C)nn2C)c1C(=O)O. The molecule has 8 heteroatoms.